The average molecular weight is 254 g/mol. The minimum absolute atomic E-state index is 0.154. The van der Waals surface area contributed by atoms with Gasteiger partial charge >= 0.3 is 0 Å². The molecule has 4 nitrogen and oxygen atoms in total. The summed E-state index contributed by atoms with van der Waals surface area (Å²) in [6.45, 7) is 2.04. The summed E-state index contributed by atoms with van der Waals surface area (Å²) in [5.41, 5.74) is 0. The number of halogens is 1. The molecule has 2 aliphatic heterocycles. The molecule has 3 rings (SSSR count). The summed E-state index contributed by atoms with van der Waals surface area (Å²) in [6, 6.07) is 4.31. The van der Waals surface area contributed by atoms with Crippen molar-refractivity contribution < 1.29 is 4.74 Å². The summed E-state index contributed by atoms with van der Waals surface area (Å²) in [5.74, 6) is 0.658. The van der Waals surface area contributed by atoms with E-state index in [1.54, 1.807) is 6.20 Å². The lowest BCUT2D eigenvalue weighted by molar-refractivity contribution is 0.0142. The van der Waals surface area contributed by atoms with Crippen LogP contribution in [0.4, 0.5) is 0 Å². The summed E-state index contributed by atoms with van der Waals surface area (Å²) in [4.78, 5) is 6.57. The summed E-state index contributed by atoms with van der Waals surface area (Å²) in [5, 5.41) is 4.03. The molecule has 1 aromatic rings. The van der Waals surface area contributed by atoms with Gasteiger partial charge in [-0.2, -0.15) is 0 Å². The molecule has 2 fully saturated rings. The van der Waals surface area contributed by atoms with Crippen molar-refractivity contribution in [1.29, 1.82) is 0 Å². The van der Waals surface area contributed by atoms with Gasteiger partial charge < -0.3 is 10.1 Å². The molecule has 0 spiro atoms. The topological polar surface area (TPSA) is 37.4 Å². The Morgan fingerprint density at radius 2 is 2.29 bits per heavy atom. The number of nitrogens with zero attached hydrogens (tertiary/aromatic N) is 2. The van der Waals surface area contributed by atoms with Crippen LogP contribution in [0.3, 0.4) is 0 Å². The van der Waals surface area contributed by atoms with Crippen LogP contribution in [-0.2, 0) is 0 Å². The van der Waals surface area contributed by atoms with Gasteiger partial charge in [0.1, 0.15) is 0 Å². The summed E-state index contributed by atoms with van der Waals surface area (Å²) < 4.78 is 5.92. The fourth-order valence-electron chi connectivity index (χ4n) is 2.62. The van der Waals surface area contributed by atoms with Crippen molar-refractivity contribution in [3.63, 3.8) is 0 Å². The molecule has 0 radical (unpaired) electrons. The fraction of sp³-hybridized carbons (Fsp3) is 0.583. The van der Waals surface area contributed by atoms with E-state index in [0.717, 1.165) is 19.6 Å². The van der Waals surface area contributed by atoms with E-state index in [1.165, 1.54) is 12.8 Å². The average Bonchev–Trinajstić information content (AvgIpc) is 2.76. The monoisotopic (exact) mass is 253 g/mol. The van der Waals surface area contributed by atoms with Crippen LogP contribution in [0.5, 0.6) is 5.88 Å². The van der Waals surface area contributed by atoms with Crippen LogP contribution >= 0.6 is 11.6 Å². The van der Waals surface area contributed by atoms with Crippen molar-refractivity contribution in [2.45, 2.75) is 31.5 Å². The first kappa shape index (κ1) is 11.3. The first-order chi connectivity index (χ1) is 8.33. The molecule has 0 bridgehead atoms. The van der Waals surface area contributed by atoms with E-state index in [4.69, 9.17) is 16.3 Å². The second-order valence-electron chi connectivity index (χ2n) is 4.58. The largest absolute Gasteiger partial charge is 0.458 e. The number of pyridine rings is 1. The maximum Gasteiger partial charge on any atom is 0.214 e. The van der Waals surface area contributed by atoms with E-state index < -0.39 is 0 Å². The molecule has 0 unspecified atom stereocenters. The molecule has 3 heterocycles. The highest BCUT2D eigenvalue weighted by molar-refractivity contribution is 6.30. The first-order valence-corrected chi connectivity index (χ1v) is 6.45. The Hall–Kier alpha value is -0.840. The van der Waals surface area contributed by atoms with Gasteiger partial charge in [-0.1, -0.05) is 11.6 Å². The maximum atomic E-state index is 5.92. The van der Waals surface area contributed by atoms with Crippen molar-refractivity contribution in [2.75, 3.05) is 13.2 Å². The van der Waals surface area contributed by atoms with Crippen LogP contribution in [0.2, 0.25) is 5.02 Å². The first-order valence-electron chi connectivity index (χ1n) is 6.07. The predicted molar refractivity (Wildman–Crippen MR) is 66.0 cm³/mol. The summed E-state index contributed by atoms with van der Waals surface area (Å²) in [7, 11) is 0. The van der Waals surface area contributed by atoms with Crippen molar-refractivity contribution in [3.05, 3.63) is 23.4 Å². The van der Waals surface area contributed by atoms with Gasteiger partial charge in [0.2, 0.25) is 5.88 Å². The third-order valence-corrected chi connectivity index (χ3v) is 3.72. The van der Waals surface area contributed by atoms with E-state index in [2.05, 4.69) is 15.2 Å². The highest BCUT2D eigenvalue weighted by Crippen LogP contribution is 2.28. The number of rotatable bonds is 2. The number of nitrogens with one attached hydrogen (secondary N) is 1. The normalized spacial score (nSPS) is 29.0. The Labute approximate surface area is 106 Å². The molecule has 0 aromatic carbocycles. The quantitative estimate of drug-likeness (QED) is 0.873. The summed E-state index contributed by atoms with van der Waals surface area (Å²) in [6.07, 6.45) is 5.30. The van der Waals surface area contributed by atoms with Crippen LogP contribution < -0.4 is 10.1 Å². The van der Waals surface area contributed by atoms with E-state index in [9.17, 15) is 0 Å². The number of hydrogen-bond acceptors (Lipinski definition) is 4. The van der Waals surface area contributed by atoms with Crippen LogP contribution in [0.1, 0.15) is 19.3 Å². The van der Waals surface area contributed by atoms with Gasteiger partial charge in [-0.15, -0.1) is 0 Å². The molecule has 2 atom stereocenters. The third-order valence-electron chi connectivity index (χ3n) is 3.49. The molecule has 92 valence electrons. The molecule has 0 aliphatic carbocycles. The second kappa shape index (κ2) is 4.80. The van der Waals surface area contributed by atoms with Gasteiger partial charge in [-0.3, -0.25) is 4.90 Å². The fourth-order valence-corrected chi connectivity index (χ4v) is 2.73. The molecule has 0 amide bonds. The van der Waals surface area contributed by atoms with E-state index in [0.29, 0.717) is 16.9 Å². The highest BCUT2D eigenvalue weighted by atomic mass is 35.5. The zero-order chi connectivity index (χ0) is 11.7. The minimum atomic E-state index is 0.154. The van der Waals surface area contributed by atoms with E-state index in [-0.39, 0.29) is 6.23 Å². The van der Waals surface area contributed by atoms with Crippen LogP contribution in [-0.4, -0.2) is 35.4 Å². The van der Waals surface area contributed by atoms with Crippen molar-refractivity contribution in [2.24, 2.45) is 0 Å². The number of aromatic nitrogens is 1. The molecular weight excluding hydrogens is 238 g/mol. The van der Waals surface area contributed by atoms with Crippen molar-refractivity contribution >= 4 is 11.6 Å². The van der Waals surface area contributed by atoms with Crippen LogP contribution in [0.15, 0.2) is 18.3 Å². The molecule has 5 heteroatoms. The molecule has 1 N–H and O–H groups in total. The minimum Gasteiger partial charge on any atom is -0.458 e. The zero-order valence-electron chi connectivity index (χ0n) is 9.60. The SMILES string of the molecule is Clc1ccc(O[C@H]2CC[C@H]3CCNCN32)nc1. The third kappa shape index (κ3) is 2.39. The maximum absolute atomic E-state index is 5.92. The zero-order valence-corrected chi connectivity index (χ0v) is 10.4. The molecule has 0 saturated carbocycles. The van der Waals surface area contributed by atoms with Gasteiger partial charge in [0.05, 0.1) is 11.7 Å². The van der Waals surface area contributed by atoms with Crippen LogP contribution in [0.25, 0.3) is 0 Å². The lowest BCUT2D eigenvalue weighted by Crippen LogP contribution is -2.50. The van der Waals surface area contributed by atoms with E-state index in [1.807, 2.05) is 12.1 Å². The van der Waals surface area contributed by atoms with Crippen LogP contribution in [0, 0.1) is 0 Å². The van der Waals surface area contributed by atoms with Gasteiger partial charge in [0.25, 0.3) is 0 Å². The van der Waals surface area contributed by atoms with Gasteiger partial charge in [0, 0.05) is 18.3 Å². The van der Waals surface area contributed by atoms with Gasteiger partial charge in [0.15, 0.2) is 6.23 Å². The molecule has 2 saturated heterocycles. The lowest BCUT2D eigenvalue weighted by Gasteiger charge is -2.33. The Balaban J connectivity index is 1.67. The molecule has 2 aliphatic rings. The predicted octanol–water partition coefficient (Wildman–Crippen LogP) is 1.86. The van der Waals surface area contributed by atoms with Gasteiger partial charge in [-0.25, -0.2) is 4.98 Å². The van der Waals surface area contributed by atoms with Gasteiger partial charge in [-0.05, 0) is 31.9 Å². The smallest absolute Gasteiger partial charge is 0.214 e. The summed E-state index contributed by atoms with van der Waals surface area (Å²) >= 11 is 5.80. The second-order valence-corrected chi connectivity index (χ2v) is 5.02. The molecular formula is C12H16ClN3O. The highest BCUT2D eigenvalue weighted by Gasteiger charge is 2.36. The number of fused-ring (bicyclic) bond motifs is 1. The Morgan fingerprint density at radius 3 is 3.12 bits per heavy atom. The number of hydrogen-bond donors (Lipinski definition) is 1. The van der Waals surface area contributed by atoms with Crippen molar-refractivity contribution in [3.8, 4) is 5.88 Å². The number of ether oxygens (including phenoxy) is 1. The Kier molecular flexibility index (Phi) is 3.18. The lowest BCUT2D eigenvalue weighted by atomic mass is 10.1. The standard InChI is InChI=1S/C12H16ClN3O/c13-9-1-3-11(15-7-9)17-12-4-2-10-5-6-14-8-16(10)12/h1,3,7,10,12,14H,2,4-6,8H2/t10-,12-/m0/s1. The van der Waals surface area contributed by atoms with Crippen molar-refractivity contribution in [1.82, 2.24) is 15.2 Å². The Morgan fingerprint density at radius 1 is 1.35 bits per heavy atom. The molecule has 17 heavy (non-hydrogen) atoms. The molecule has 1 aromatic heterocycles. The Bertz CT molecular complexity index is 384. The van der Waals surface area contributed by atoms with E-state index >= 15 is 0 Å².